The maximum Gasteiger partial charge on any atom is 0.127 e. The third kappa shape index (κ3) is 2.60. The Morgan fingerprint density at radius 2 is 2.09 bits per heavy atom. The van der Waals surface area contributed by atoms with Gasteiger partial charge in [0.15, 0.2) is 0 Å². The highest BCUT2D eigenvalue weighted by Crippen LogP contribution is 2.56. The Morgan fingerprint density at radius 1 is 1.36 bits per heavy atom. The molecule has 1 saturated carbocycles. The number of hydrogen-bond donors (Lipinski definition) is 2. The first-order chi connectivity index (χ1) is 10.2. The van der Waals surface area contributed by atoms with Crippen LogP contribution in [-0.4, -0.2) is 21.4 Å². The van der Waals surface area contributed by atoms with E-state index in [9.17, 15) is 10.2 Å². The number of fused-ring (bicyclic) bond motifs is 4. The molecule has 3 nitrogen and oxygen atoms in total. The van der Waals surface area contributed by atoms with Gasteiger partial charge in [-0.15, -0.1) is 0 Å². The molecule has 0 spiro atoms. The van der Waals surface area contributed by atoms with Crippen LogP contribution in [-0.2, 0) is 6.42 Å². The van der Waals surface area contributed by atoms with Crippen LogP contribution in [0.1, 0.15) is 70.4 Å². The molecule has 3 rings (SSSR count). The van der Waals surface area contributed by atoms with E-state index in [0.717, 1.165) is 49.0 Å². The van der Waals surface area contributed by atoms with Crippen molar-refractivity contribution in [2.45, 2.75) is 76.9 Å². The number of phenolic OH excluding ortho intramolecular Hbond substituents is 1. The highest BCUT2D eigenvalue weighted by atomic mass is 16.5. The molecule has 0 amide bonds. The van der Waals surface area contributed by atoms with Crippen molar-refractivity contribution in [2.75, 3.05) is 0 Å². The fourth-order valence-corrected chi connectivity index (χ4v) is 4.44. The van der Waals surface area contributed by atoms with Crippen LogP contribution in [0.4, 0.5) is 0 Å². The Hall–Kier alpha value is -1.22. The molecule has 1 aromatic rings. The number of ether oxygens (including phenoxy) is 1. The number of phenols is 1. The average molecular weight is 304 g/mol. The summed E-state index contributed by atoms with van der Waals surface area (Å²) >= 11 is 0. The largest absolute Gasteiger partial charge is 0.508 e. The zero-order valence-electron chi connectivity index (χ0n) is 14.1. The van der Waals surface area contributed by atoms with Crippen molar-refractivity contribution in [1.29, 1.82) is 0 Å². The second-order valence-electron chi connectivity index (χ2n) is 7.94. The number of rotatable bonds is 3. The summed E-state index contributed by atoms with van der Waals surface area (Å²) in [7, 11) is 0. The van der Waals surface area contributed by atoms with Crippen LogP contribution < -0.4 is 4.74 Å². The summed E-state index contributed by atoms with van der Waals surface area (Å²) in [5.41, 5.74) is 1.12. The molecule has 2 aliphatic rings. The Morgan fingerprint density at radius 3 is 2.73 bits per heavy atom. The van der Waals surface area contributed by atoms with Crippen molar-refractivity contribution in [3.63, 3.8) is 0 Å². The molecule has 0 radical (unpaired) electrons. The molecule has 3 unspecified atom stereocenters. The predicted molar refractivity (Wildman–Crippen MR) is 87.5 cm³/mol. The van der Waals surface area contributed by atoms with Gasteiger partial charge in [-0.05, 0) is 70.1 Å². The molecule has 1 aliphatic carbocycles. The van der Waals surface area contributed by atoms with Gasteiger partial charge in [0.05, 0.1) is 5.60 Å². The van der Waals surface area contributed by atoms with Crippen LogP contribution in [0.25, 0.3) is 0 Å². The number of hydrogen-bond acceptors (Lipinski definition) is 3. The first-order valence-electron chi connectivity index (χ1n) is 8.51. The normalized spacial score (nSPS) is 30.6. The SMILES string of the molecule is CCCc1cc(O)c2c(c1)OC1(C)CCC(C(C)(C)O)C2C1. The first kappa shape index (κ1) is 15.7. The quantitative estimate of drug-likeness (QED) is 0.882. The molecule has 2 N–H and O–H groups in total. The summed E-state index contributed by atoms with van der Waals surface area (Å²) in [6.07, 6.45) is 4.75. The lowest BCUT2D eigenvalue weighted by Crippen LogP contribution is -2.49. The summed E-state index contributed by atoms with van der Waals surface area (Å²) in [6.45, 7) is 8.07. The molecular formula is C19H28O3. The van der Waals surface area contributed by atoms with Gasteiger partial charge < -0.3 is 14.9 Å². The molecule has 0 saturated heterocycles. The molecular weight excluding hydrogens is 276 g/mol. The molecule has 1 aliphatic heterocycles. The molecule has 122 valence electrons. The summed E-state index contributed by atoms with van der Waals surface area (Å²) in [5, 5.41) is 21.2. The van der Waals surface area contributed by atoms with Crippen molar-refractivity contribution in [2.24, 2.45) is 5.92 Å². The van der Waals surface area contributed by atoms with Crippen LogP contribution in [0, 0.1) is 5.92 Å². The lowest BCUT2D eigenvalue weighted by molar-refractivity contribution is -0.0663. The highest BCUT2D eigenvalue weighted by Gasteiger charge is 2.49. The van der Waals surface area contributed by atoms with E-state index in [4.69, 9.17) is 4.74 Å². The second kappa shape index (κ2) is 5.16. The van der Waals surface area contributed by atoms with Crippen molar-refractivity contribution < 1.29 is 14.9 Å². The number of aromatic hydroxyl groups is 1. The third-order valence-electron chi connectivity index (χ3n) is 5.47. The van der Waals surface area contributed by atoms with Gasteiger partial charge in [-0.25, -0.2) is 0 Å². The highest BCUT2D eigenvalue weighted by molar-refractivity contribution is 5.52. The van der Waals surface area contributed by atoms with Gasteiger partial charge in [0, 0.05) is 11.5 Å². The number of benzene rings is 1. The van der Waals surface area contributed by atoms with Crippen LogP contribution in [0.3, 0.4) is 0 Å². The zero-order valence-corrected chi connectivity index (χ0v) is 14.1. The van der Waals surface area contributed by atoms with E-state index in [1.54, 1.807) is 0 Å². The van der Waals surface area contributed by atoms with Crippen molar-refractivity contribution >= 4 is 0 Å². The predicted octanol–water partition coefficient (Wildman–Crippen LogP) is 4.15. The van der Waals surface area contributed by atoms with Gasteiger partial charge in [-0.2, -0.15) is 0 Å². The van der Waals surface area contributed by atoms with Gasteiger partial charge in [0.25, 0.3) is 0 Å². The van der Waals surface area contributed by atoms with E-state index >= 15 is 0 Å². The fourth-order valence-electron chi connectivity index (χ4n) is 4.44. The topological polar surface area (TPSA) is 49.7 Å². The molecule has 1 heterocycles. The number of aryl methyl sites for hydroxylation is 1. The van der Waals surface area contributed by atoms with E-state index in [1.807, 2.05) is 19.9 Å². The van der Waals surface area contributed by atoms with Crippen LogP contribution >= 0.6 is 0 Å². The van der Waals surface area contributed by atoms with Crippen molar-refractivity contribution in [3.8, 4) is 11.5 Å². The molecule has 2 bridgehead atoms. The Kier molecular flexibility index (Phi) is 3.67. The summed E-state index contributed by atoms with van der Waals surface area (Å²) in [5.74, 6) is 1.49. The molecule has 1 fully saturated rings. The van der Waals surface area contributed by atoms with E-state index in [1.165, 1.54) is 0 Å². The molecule has 0 aromatic heterocycles. The van der Waals surface area contributed by atoms with Crippen LogP contribution in [0.5, 0.6) is 11.5 Å². The minimum Gasteiger partial charge on any atom is -0.508 e. The summed E-state index contributed by atoms with van der Waals surface area (Å²) < 4.78 is 6.28. The zero-order chi connectivity index (χ0) is 16.1. The minimum absolute atomic E-state index is 0.158. The van der Waals surface area contributed by atoms with Crippen LogP contribution in [0.15, 0.2) is 12.1 Å². The maximum atomic E-state index is 10.6. The van der Waals surface area contributed by atoms with E-state index in [-0.39, 0.29) is 17.4 Å². The van der Waals surface area contributed by atoms with Crippen LogP contribution in [0.2, 0.25) is 0 Å². The summed E-state index contributed by atoms with van der Waals surface area (Å²) in [4.78, 5) is 0. The molecule has 3 atom stereocenters. The minimum atomic E-state index is -0.741. The lowest BCUT2D eigenvalue weighted by atomic mass is 9.63. The average Bonchev–Trinajstić information content (AvgIpc) is 2.35. The lowest BCUT2D eigenvalue weighted by Gasteiger charge is -2.50. The van der Waals surface area contributed by atoms with Gasteiger partial charge in [-0.1, -0.05) is 13.3 Å². The molecule has 1 aromatic carbocycles. The van der Waals surface area contributed by atoms with Gasteiger partial charge in [0.1, 0.15) is 17.1 Å². The standard InChI is InChI=1S/C19H28O3/c1-5-6-12-9-15(20)17-13-11-19(4,22-16(17)10-12)8-7-14(13)18(2,3)21/h9-10,13-14,20-21H,5-8,11H2,1-4H3. The molecule has 3 heteroatoms. The summed E-state index contributed by atoms with van der Waals surface area (Å²) in [6, 6.07) is 3.97. The number of aliphatic hydroxyl groups is 1. The first-order valence-corrected chi connectivity index (χ1v) is 8.51. The van der Waals surface area contributed by atoms with Crippen molar-refractivity contribution in [3.05, 3.63) is 23.3 Å². The molecule has 22 heavy (non-hydrogen) atoms. The monoisotopic (exact) mass is 304 g/mol. The van der Waals surface area contributed by atoms with E-state index in [0.29, 0.717) is 5.75 Å². The van der Waals surface area contributed by atoms with E-state index < -0.39 is 5.60 Å². The van der Waals surface area contributed by atoms with Crippen molar-refractivity contribution in [1.82, 2.24) is 0 Å². The van der Waals surface area contributed by atoms with E-state index in [2.05, 4.69) is 19.9 Å². The van der Waals surface area contributed by atoms with Gasteiger partial charge >= 0.3 is 0 Å². The second-order valence-corrected chi connectivity index (χ2v) is 7.94. The Balaban J connectivity index is 2.08. The Bertz CT molecular complexity index is 573. The maximum absolute atomic E-state index is 10.6. The smallest absolute Gasteiger partial charge is 0.127 e. The third-order valence-corrected chi connectivity index (χ3v) is 5.47. The Labute approximate surface area is 133 Å². The van der Waals surface area contributed by atoms with Gasteiger partial charge in [0.2, 0.25) is 0 Å². The van der Waals surface area contributed by atoms with Gasteiger partial charge in [-0.3, -0.25) is 0 Å². The fraction of sp³-hybridized carbons (Fsp3) is 0.684.